The van der Waals surface area contributed by atoms with Crippen molar-refractivity contribution in [2.45, 2.75) is 62.8 Å². The molecule has 2 rings (SSSR count). The standard InChI is InChI=1S/C17H25ClN2OS/c1-11(2)16(22-15-9-8-13(18)10-19-15)17(21)20-14-7-5-4-6-12(14)3/h8-12,14,16H,4-7H2,1-3H3,(H,20,21). The summed E-state index contributed by atoms with van der Waals surface area (Å²) in [6.07, 6.45) is 6.44. The molecular weight excluding hydrogens is 316 g/mol. The number of aromatic nitrogens is 1. The summed E-state index contributed by atoms with van der Waals surface area (Å²) < 4.78 is 0. The van der Waals surface area contributed by atoms with E-state index in [1.807, 2.05) is 12.1 Å². The second-order valence-corrected chi connectivity index (χ2v) is 8.07. The van der Waals surface area contributed by atoms with Crippen LogP contribution in [0.1, 0.15) is 46.5 Å². The first-order chi connectivity index (χ1) is 10.5. The first-order valence-electron chi connectivity index (χ1n) is 8.06. The third-order valence-electron chi connectivity index (χ3n) is 4.25. The maximum Gasteiger partial charge on any atom is 0.234 e. The number of hydrogen-bond acceptors (Lipinski definition) is 3. The number of rotatable bonds is 5. The molecule has 0 saturated heterocycles. The summed E-state index contributed by atoms with van der Waals surface area (Å²) in [7, 11) is 0. The summed E-state index contributed by atoms with van der Waals surface area (Å²) in [6.45, 7) is 6.40. The first-order valence-corrected chi connectivity index (χ1v) is 9.31. The van der Waals surface area contributed by atoms with Gasteiger partial charge in [-0.3, -0.25) is 4.79 Å². The van der Waals surface area contributed by atoms with E-state index in [0.717, 1.165) is 11.4 Å². The zero-order chi connectivity index (χ0) is 16.1. The lowest BCUT2D eigenvalue weighted by molar-refractivity contribution is -0.122. The average Bonchev–Trinajstić information content (AvgIpc) is 2.48. The molecule has 22 heavy (non-hydrogen) atoms. The minimum atomic E-state index is -0.122. The third kappa shape index (κ3) is 4.88. The molecule has 1 saturated carbocycles. The van der Waals surface area contributed by atoms with Crippen LogP contribution in [0.2, 0.25) is 5.02 Å². The molecule has 1 N–H and O–H groups in total. The Morgan fingerprint density at radius 1 is 1.36 bits per heavy atom. The number of carbonyl (C=O) groups is 1. The highest BCUT2D eigenvalue weighted by Crippen LogP contribution is 2.29. The van der Waals surface area contributed by atoms with Crippen molar-refractivity contribution in [1.29, 1.82) is 0 Å². The number of carbonyl (C=O) groups excluding carboxylic acids is 1. The molecule has 1 amide bonds. The second-order valence-electron chi connectivity index (χ2n) is 6.47. The molecule has 1 aliphatic rings. The Morgan fingerprint density at radius 3 is 2.68 bits per heavy atom. The lowest BCUT2D eigenvalue weighted by Crippen LogP contribution is -2.46. The van der Waals surface area contributed by atoms with Crippen molar-refractivity contribution in [1.82, 2.24) is 10.3 Å². The van der Waals surface area contributed by atoms with Crippen molar-refractivity contribution < 1.29 is 4.79 Å². The van der Waals surface area contributed by atoms with Crippen molar-refractivity contribution in [3.8, 4) is 0 Å². The molecule has 0 spiro atoms. The van der Waals surface area contributed by atoms with Crippen molar-refractivity contribution in [2.75, 3.05) is 0 Å². The number of pyridine rings is 1. The van der Waals surface area contributed by atoms with Gasteiger partial charge in [0.25, 0.3) is 0 Å². The lowest BCUT2D eigenvalue weighted by atomic mass is 9.86. The molecule has 0 aromatic carbocycles. The van der Waals surface area contributed by atoms with Gasteiger partial charge in [-0.25, -0.2) is 4.98 Å². The van der Waals surface area contributed by atoms with E-state index in [1.54, 1.807) is 6.20 Å². The molecule has 1 fully saturated rings. The van der Waals surface area contributed by atoms with Crippen molar-refractivity contribution >= 4 is 29.3 Å². The number of nitrogens with zero attached hydrogens (tertiary/aromatic N) is 1. The van der Waals surface area contributed by atoms with E-state index in [0.29, 0.717) is 17.0 Å². The molecule has 3 unspecified atom stereocenters. The summed E-state index contributed by atoms with van der Waals surface area (Å²) in [5.41, 5.74) is 0. The Bertz CT molecular complexity index is 492. The number of hydrogen-bond donors (Lipinski definition) is 1. The summed E-state index contributed by atoms with van der Waals surface area (Å²) >= 11 is 7.39. The molecular formula is C17H25ClN2OS. The molecule has 1 aliphatic carbocycles. The second kappa shape index (κ2) is 8.21. The third-order valence-corrected chi connectivity index (χ3v) is 5.97. The van der Waals surface area contributed by atoms with E-state index in [9.17, 15) is 4.79 Å². The Kier molecular flexibility index (Phi) is 6.57. The summed E-state index contributed by atoms with van der Waals surface area (Å²) in [4.78, 5) is 17.0. The van der Waals surface area contributed by atoms with Crippen LogP contribution in [0.25, 0.3) is 0 Å². The lowest BCUT2D eigenvalue weighted by Gasteiger charge is -2.31. The number of thioether (sulfide) groups is 1. The maximum absolute atomic E-state index is 12.7. The first kappa shape index (κ1) is 17.6. The number of halogens is 1. The van der Waals surface area contributed by atoms with Crippen molar-refractivity contribution in [2.24, 2.45) is 11.8 Å². The van der Waals surface area contributed by atoms with Gasteiger partial charge in [0.15, 0.2) is 0 Å². The normalized spacial score (nSPS) is 23.3. The fourth-order valence-electron chi connectivity index (χ4n) is 2.85. The van der Waals surface area contributed by atoms with Crippen LogP contribution >= 0.6 is 23.4 Å². The van der Waals surface area contributed by atoms with Crippen LogP contribution in [0, 0.1) is 11.8 Å². The smallest absolute Gasteiger partial charge is 0.234 e. The van der Waals surface area contributed by atoms with Gasteiger partial charge in [0, 0.05) is 12.2 Å². The fraction of sp³-hybridized carbons (Fsp3) is 0.647. The maximum atomic E-state index is 12.7. The van der Waals surface area contributed by atoms with Gasteiger partial charge in [-0.1, -0.05) is 57.0 Å². The van der Waals surface area contributed by atoms with E-state index in [4.69, 9.17) is 11.6 Å². The van der Waals surface area contributed by atoms with Crippen LogP contribution < -0.4 is 5.32 Å². The largest absolute Gasteiger partial charge is 0.352 e. The van der Waals surface area contributed by atoms with E-state index in [1.165, 1.54) is 31.0 Å². The van der Waals surface area contributed by atoms with Gasteiger partial charge in [-0.15, -0.1) is 0 Å². The van der Waals surface area contributed by atoms with Crippen LogP contribution in [-0.2, 0) is 4.79 Å². The Morgan fingerprint density at radius 2 is 2.09 bits per heavy atom. The van der Waals surface area contributed by atoms with E-state index in [-0.39, 0.29) is 17.1 Å². The van der Waals surface area contributed by atoms with E-state index < -0.39 is 0 Å². The zero-order valence-electron chi connectivity index (χ0n) is 13.5. The highest BCUT2D eigenvalue weighted by molar-refractivity contribution is 8.00. The highest BCUT2D eigenvalue weighted by atomic mass is 35.5. The van der Waals surface area contributed by atoms with Gasteiger partial charge in [0.2, 0.25) is 5.91 Å². The van der Waals surface area contributed by atoms with Crippen LogP contribution in [0.3, 0.4) is 0 Å². The SMILES string of the molecule is CC(C)C(Sc1ccc(Cl)cn1)C(=O)NC1CCCCC1C. The molecule has 1 heterocycles. The molecule has 3 atom stereocenters. The van der Waals surface area contributed by atoms with Gasteiger partial charge in [0.05, 0.1) is 15.3 Å². The molecule has 0 radical (unpaired) electrons. The van der Waals surface area contributed by atoms with Crippen LogP contribution in [-0.4, -0.2) is 22.2 Å². The highest BCUT2D eigenvalue weighted by Gasteiger charge is 2.29. The molecule has 122 valence electrons. The van der Waals surface area contributed by atoms with Crippen molar-refractivity contribution in [3.05, 3.63) is 23.4 Å². The van der Waals surface area contributed by atoms with E-state index in [2.05, 4.69) is 31.1 Å². The topological polar surface area (TPSA) is 42.0 Å². The van der Waals surface area contributed by atoms with Gasteiger partial charge < -0.3 is 5.32 Å². The quantitative estimate of drug-likeness (QED) is 0.800. The summed E-state index contributed by atoms with van der Waals surface area (Å²) in [5, 5.41) is 4.60. The fourth-order valence-corrected chi connectivity index (χ4v) is 3.93. The minimum absolute atomic E-state index is 0.122. The monoisotopic (exact) mass is 340 g/mol. The summed E-state index contributed by atoms with van der Waals surface area (Å²) in [6, 6.07) is 4.01. The van der Waals surface area contributed by atoms with Gasteiger partial charge >= 0.3 is 0 Å². The van der Waals surface area contributed by atoms with E-state index >= 15 is 0 Å². The van der Waals surface area contributed by atoms with Gasteiger partial charge in [-0.05, 0) is 36.8 Å². The number of nitrogens with one attached hydrogen (secondary N) is 1. The van der Waals surface area contributed by atoms with Crippen LogP contribution in [0.5, 0.6) is 0 Å². The molecule has 1 aromatic rings. The molecule has 3 nitrogen and oxygen atoms in total. The molecule has 1 aromatic heterocycles. The molecule has 5 heteroatoms. The Hall–Kier alpha value is -0.740. The molecule has 0 bridgehead atoms. The predicted octanol–water partition coefficient (Wildman–Crippen LogP) is 4.55. The number of amides is 1. The van der Waals surface area contributed by atoms with Gasteiger partial charge in [0.1, 0.15) is 0 Å². The van der Waals surface area contributed by atoms with Crippen molar-refractivity contribution in [3.63, 3.8) is 0 Å². The van der Waals surface area contributed by atoms with Crippen LogP contribution in [0.4, 0.5) is 0 Å². The Balaban J connectivity index is 2.00. The minimum Gasteiger partial charge on any atom is -0.352 e. The average molecular weight is 341 g/mol. The Labute approximate surface area is 142 Å². The predicted molar refractivity (Wildman–Crippen MR) is 93.3 cm³/mol. The molecule has 0 aliphatic heterocycles. The summed E-state index contributed by atoms with van der Waals surface area (Å²) in [5.74, 6) is 0.959. The zero-order valence-corrected chi connectivity index (χ0v) is 15.1. The van der Waals surface area contributed by atoms with Gasteiger partial charge in [-0.2, -0.15) is 0 Å². The van der Waals surface area contributed by atoms with Crippen LogP contribution in [0.15, 0.2) is 23.4 Å².